The summed E-state index contributed by atoms with van der Waals surface area (Å²) >= 11 is 0. The Balaban J connectivity index is 2.22. The largest absolute Gasteiger partial charge is 0.347 e. The van der Waals surface area contributed by atoms with Gasteiger partial charge in [0.05, 0.1) is 0 Å². The van der Waals surface area contributed by atoms with Gasteiger partial charge in [0.2, 0.25) is 0 Å². The van der Waals surface area contributed by atoms with Gasteiger partial charge in [-0.2, -0.15) is 0 Å². The standard InChI is InChI=1S/C15H23N3/c1-4-18-12-13(11-17(3)10-9-16-2)14-7-5-6-8-15(14)18/h5-8,12,16H,4,9-11H2,1-3H3. The summed E-state index contributed by atoms with van der Waals surface area (Å²) < 4.78 is 2.33. The maximum absolute atomic E-state index is 3.19. The van der Waals surface area contributed by atoms with E-state index in [1.807, 2.05) is 7.05 Å². The van der Waals surface area contributed by atoms with Crippen LogP contribution in [-0.2, 0) is 13.1 Å². The highest BCUT2D eigenvalue weighted by Gasteiger charge is 2.08. The molecule has 1 aromatic carbocycles. The maximum Gasteiger partial charge on any atom is 0.0483 e. The predicted molar refractivity (Wildman–Crippen MR) is 77.9 cm³/mol. The number of nitrogens with one attached hydrogen (secondary N) is 1. The Morgan fingerprint density at radius 3 is 2.78 bits per heavy atom. The molecule has 0 unspecified atom stereocenters. The van der Waals surface area contributed by atoms with Crippen molar-refractivity contribution in [3.8, 4) is 0 Å². The van der Waals surface area contributed by atoms with Crippen molar-refractivity contribution in [2.45, 2.75) is 20.0 Å². The van der Waals surface area contributed by atoms with Gasteiger partial charge in [-0.05, 0) is 32.6 Å². The van der Waals surface area contributed by atoms with Crippen LogP contribution in [-0.4, -0.2) is 36.7 Å². The second-order valence-electron chi connectivity index (χ2n) is 4.80. The Labute approximate surface area is 109 Å². The van der Waals surface area contributed by atoms with Gasteiger partial charge in [-0.15, -0.1) is 0 Å². The number of benzene rings is 1. The molecule has 0 spiro atoms. The first-order valence-corrected chi connectivity index (χ1v) is 6.66. The van der Waals surface area contributed by atoms with Gasteiger partial charge in [0.1, 0.15) is 0 Å². The number of aromatic nitrogens is 1. The summed E-state index contributed by atoms with van der Waals surface area (Å²) in [6.07, 6.45) is 2.29. The zero-order valence-corrected chi connectivity index (χ0v) is 11.6. The van der Waals surface area contributed by atoms with Crippen LogP contribution in [0.2, 0.25) is 0 Å². The summed E-state index contributed by atoms with van der Waals surface area (Å²) in [4.78, 5) is 2.36. The first-order chi connectivity index (χ1) is 8.76. The number of fused-ring (bicyclic) bond motifs is 1. The highest BCUT2D eigenvalue weighted by Crippen LogP contribution is 2.22. The highest BCUT2D eigenvalue weighted by molar-refractivity contribution is 5.83. The van der Waals surface area contributed by atoms with Gasteiger partial charge in [-0.3, -0.25) is 0 Å². The van der Waals surface area contributed by atoms with Crippen molar-refractivity contribution in [1.29, 1.82) is 0 Å². The summed E-state index contributed by atoms with van der Waals surface area (Å²) in [6, 6.07) is 8.67. The van der Waals surface area contributed by atoms with Crippen LogP contribution in [0.3, 0.4) is 0 Å². The van der Waals surface area contributed by atoms with Crippen molar-refractivity contribution >= 4 is 10.9 Å². The molecule has 0 aliphatic heterocycles. The van der Waals surface area contributed by atoms with Gasteiger partial charge in [0, 0.05) is 43.3 Å². The molecule has 1 N–H and O–H groups in total. The lowest BCUT2D eigenvalue weighted by molar-refractivity contribution is 0.329. The highest BCUT2D eigenvalue weighted by atomic mass is 15.1. The minimum Gasteiger partial charge on any atom is -0.347 e. The van der Waals surface area contributed by atoms with Crippen molar-refractivity contribution in [2.24, 2.45) is 0 Å². The Hall–Kier alpha value is -1.32. The number of para-hydroxylation sites is 1. The molecule has 0 bridgehead atoms. The van der Waals surface area contributed by atoms with Crippen LogP contribution < -0.4 is 5.32 Å². The third kappa shape index (κ3) is 2.74. The molecule has 3 heteroatoms. The Bertz CT molecular complexity index is 501. The lowest BCUT2D eigenvalue weighted by atomic mass is 10.1. The van der Waals surface area contributed by atoms with Gasteiger partial charge in [-0.25, -0.2) is 0 Å². The topological polar surface area (TPSA) is 20.2 Å². The number of likely N-dealkylation sites (N-methyl/N-ethyl adjacent to an activating group) is 2. The van der Waals surface area contributed by atoms with Crippen LogP contribution in [0.15, 0.2) is 30.5 Å². The van der Waals surface area contributed by atoms with E-state index in [9.17, 15) is 0 Å². The smallest absolute Gasteiger partial charge is 0.0483 e. The fourth-order valence-corrected chi connectivity index (χ4v) is 2.38. The molecule has 0 saturated heterocycles. The molecule has 0 saturated carbocycles. The SMILES string of the molecule is CCn1cc(CN(C)CCNC)c2ccccc21. The first kappa shape index (κ1) is 13.1. The summed E-state index contributed by atoms with van der Waals surface area (Å²) in [7, 11) is 4.17. The van der Waals surface area contributed by atoms with Gasteiger partial charge in [-0.1, -0.05) is 18.2 Å². The van der Waals surface area contributed by atoms with Crippen molar-refractivity contribution in [1.82, 2.24) is 14.8 Å². The summed E-state index contributed by atoms with van der Waals surface area (Å²) in [5.74, 6) is 0. The van der Waals surface area contributed by atoms with Gasteiger partial charge in [0.25, 0.3) is 0 Å². The zero-order valence-electron chi connectivity index (χ0n) is 11.6. The monoisotopic (exact) mass is 245 g/mol. The Kier molecular flexibility index (Phi) is 4.39. The summed E-state index contributed by atoms with van der Waals surface area (Å²) in [5, 5.41) is 4.58. The second-order valence-corrected chi connectivity index (χ2v) is 4.80. The molecule has 3 nitrogen and oxygen atoms in total. The predicted octanol–water partition coefficient (Wildman–Crippen LogP) is 2.31. The lowest BCUT2D eigenvalue weighted by Crippen LogP contribution is -2.26. The molecule has 0 amide bonds. The molecule has 0 aliphatic carbocycles. The van der Waals surface area contributed by atoms with Crippen LogP contribution in [0.25, 0.3) is 10.9 Å². The van der Waals surface area contributed by atoms with E-state index in [1.54, 1.807) is 0 Å². The van der Waals surface area contributed by atoms with Crippen molar-refractivity contribution in [2.75, 3.05) is 27.2 Å². The number of hydrogen-bond acceptors (Lipinski definition) is 2. The van der Waals surface area contributed by atoms with Crippen LogP contribution in [0, 0.1) is 0 Å². The lowest BCUT2D eigenvalue weighted by Gasteiger charge is -2.15. The Morgan fingerprint density at radius 2 is 2.06 bits per heavy atom. The van der Waals surface area contributed by atoms with Crippen LogP contribution >= 0.6 is 0 Å². The summed E-state index contributed by atoms with van der Waals surface area (Å²) in [6.45, 7) is 6.34. The number of rotatable bonds is 6. The molecule has 98 valence electrons. The van der Waals surface area contributed by atoms with E-state index in [1.165, 1.54) is 16.5 Å². The van der Waals surface area contributed by atoms with E-state index in [-0.39, 0.29) is 0 Å². The van der Waals surface area contributed by atoms with E-state index in [4.69, 9.17) is 0 Å². The van der Waals surface area contributed by atoms with Crippen molar-refractivity contribution in [3.05, 3.63) is 36.0 Å². The summed E-state index contributed by atoms with van der Waals surface area (Å²) in [5.41, 5.74) is 2.77. The van der Waals surface area contributed by atoms with E-state index < -0.39 is 0 Å². The van der Waals surface area contributed by atoms with Crippen LogP contribution in [0.5, 0.6) is 0 Å². The van der Waals surface area contributed by atoms with E-state index >= 15 is 0 Å². The van der Waals surface area contributed by atoms with Gasteiger partial charge in [0.15, 0.2) is 0 Å². The molecule has 2 aromatic rings. The quantitative estimate of drug-likeness (QED) is 0.843. The fourth-order valence-electron chi connectivity index (χ4n) is 2.38. The third-order valence-electron chi connectivity index (χ3n) is 3.40. The molecule has 0 aliphatic rings. The average Bonchev–Trinajstić information content (AvgIpc) is 2.75. The molecule has 0 fully saturated rings. The molecule has 2 rings (SSSR count). The normalized spacial score (nSPS) is 11.6. The molecule has 18 heavy (non-hydrogen) atoms. The number of hydrogen-bond donors (Lipinski definition) is 1. The second kappa shape index (κ2) is 6.03. The minimum atomic E-state index is 1.01. The molecule has 0 radical (unpaired) electrons. The number of aryl methyl sites for hydroxylation is 1. The van der Waals surface area contributed by atoms with E-state index in [0.717, 1.165) is 26.2 Å². The maximum atomic E-state index is 3.19. The Morgan fingerprint density at radius 1 is 1.28 bits per heavy atom. The van der Waals surface area contributed by atoms with E-state index in [0.29, 0.717) is 0 Å². The molecular weight excluding hydrogens is 222 g/mol. The zero-order chi connectivity index (χ0) is 13.0. The molecule has 0 atom stereocenters. The van der Waals surface area contributed by atoms with Crippen LogP contribution in [0.4, 0.5) is 0 Å². The number of nitrogens with zero attached hydrogens (tertiary/aromatic N) is 2. The molecule has 1 aromatic heterocycles. The van der Waals surface area contributed by atoms with Crippen molar-refractivity contribution < 1.29 is 0 Å². The first-order valence-electron chi connectivity index (χ1n) is 6.66. The average molecular weight is 245 g/mol. The van der Waals surface area contributed by atoms with Crippen LogP contribution in [0.1, 0.15) is 12.5 Å². The van der Waals surface area contributed by atoms with Gasteiger partial charge >= 0.3 is 0 Å². The minimum absolute atomic E-state index is 1.01. The fraction of sp³-hybridized carbons (Fsp3) is 0.467. The molecule has 1 heterocycles. The van der Waals surface area contributed by atoms with Gasteiger partial charge < -0.3 is 14.8 Å². The molecular formula is C15H23N3. The third-order valence-corrected chi connectivity index (χ3v) is 3.40. The van der Waals surface area contributed by atoms with E-state index in [2.05, 4.69) is 59.2 Å². The van der Waals surface area contributed by atoms with Crippen molar-refractivity contribution in [3.63, 3.8) is 0 Å².